The molecule has 0 aliphatic carbocycles. The van der Waals surface area contributed by atoms with Crippen LogP contribution in [-0.4, -0.2) is 4.57 Å². The molecular formula is C18H23NOS. The number of thiol groups is 1. The molecule has 0 N–H and O–H groups in total. The minimum Gasteiger partial charge on any atom is -0.305 e. The molecule has 0 amide bonds. The highest BCUT2D eigenvalue weighted by Crippen LogP contribution is 2.23. The molecule has 0 spiro atoms. The third-order valence-electron chi connectivity index (χ3n) is 4.06. The molecular weight excluding hydrogens is 278 g/mol. The third kappa shape index (κ3) is 3.24. The minimum absolute atomic E-state index is 0.0800. The number of hydrogen-bond acceptors (Lipinski definition) is 2. The molecule has 1 unspecified atom stereocenters. The molecule has 1 atom stereocenters. The van der Waals surface area contributed by atoms with Gasteiger partial charge in [-0.05, 0) is 37.0 Å². The number of aryl methyl sites for hydroxylation is 1. The van der Waals surface area contributed by atoms with Gasteiger partial charge in [0.2, 0.25) is 0 Å². The van der Waals surface area contributed by atoms with E-state index in [4.69, 9.17) is 0 Å². The number of benzene rings is 1. The van der Waals surface area contributed by atoms with Crippen LogP contribution in [0.5, 0.6) is 0 Å². The number of nitrogens with zero attached hydrogens (tertiary/aromatic N) is 1. The molecule has 0 aliphatic heterocycles. The van der Waals surface area contributed by atoms with Gasteiger partial charge in [-0.1, -0.05) is 44.2 Å². The molecule has 0 bridgehead atoms. The highest BCUT2D eigenvalue weighted by molar-refractivity contribution is 7.79. The summed E-state index contributed by atoms with van der Waals surface area (Å²) >= 11 is 4.26. The predicted molar refractivity (Wildman–Crippen MR) is 93.2 cm³/mol. The summed E-state index contributed by atoms with van der Waals surface area (Å²) in [6.45, 7) is 6.34. The molecule has 112 valence electrons. The third-order valence-corrected chi connectivity index (χ3v) is 4.40. The van der Waals surface area contributed by atoms with E-state index < -0.39 is 0 Å². The largest absolute Gasteiger partial charge is 0.305 e. The SMILES string of the molecule is CCc1ccc(-c2ccc(CS)c(=O)n2C(C)CC)cc1. The molecule has 0 saturated carbocycles. The Labute approximate surface area is 132 Å². The van der Waals surface area contributed by atoms with E-state index in [-0.39, 0.29) is 11.6 Å². The minimum atomic E-state index is 0.0800. The van der Waals surface area contributed by atoms with Gasteiger partial charge in [-0.15, -0.1) is 0 Å². The average Bonchev–Trinajstić information content (AvgIpc) is 2.54. The van der Waals surface area contributed by atoms with E-state index in [1.165, 1.54) is 5.56 Å². The van der Waals surface area contributed by atoms with Crippen LogP contribution in [0, 0.1) is 0 Å². The van der Waals surface area contributed by atoms with Crippen molar-refractivity contribution in [2.75, 3.05) is 0 Å². The molecule has 0 radical (unpaired) electrons. The predicted octanol–water partition coefficient (Wildman–Crippen LogP) is 4.48. The maximum absolute atomic E-state index is 12.6. The van der Waals surface area contributed by atoms with Gasteiger partial charge in [0.15, 0.2) is 0 Å². The molecule has 2 rings (SSSR count). The number of pyridine rings is 1. The quantitative estimate of drug-likeness (QED) is 0.808. The van der Waals surface area contributed by atoms with Crippen molar-refractivity contribution < 1.29 is 0 Å². The maximum atomic E-state index is 12.6. The summed E-state index contributed by atoms with van der Waals surface area (Å²) in [6, 6.07) is 12.6. The van der Waals surface area contributed by atoms with Crippen molar-refractivity contribution in [2.24, 2.45) is 0 Å². The molecule has 2 aromatic rings. The molecule has 1 aromatic heterocycles. The monoisotopic (exact) mass is 301 g/mol. The van der Waals surface area contributed by atoms with Crippen LogP contribution in [0.2, 0.25) is 0 Å². The van der Waals surface area contributed by atoms with Crippen LogP contribution >= 0.6 is 12.6 Å². The van der Waals surface area contributed by atoms with Crippen LogP contribution in [0.3, 0.4) is 0 Å². The lowest BCUT2D eigenvalue weighted by atomic mass is 10.0. The molecule has 0 fully saturated rings. The van der Waals surface area contributed by atoms with Gasteiger partial charge in [0.05, 0.1) is 5.69 Å². The van der Waals surface area contributed by atoms with Crippen LogP contribution in [0.1, 0.15) is 44.4 Å². The van der Waals surface area contributed by atoms with Gasteiger partial charge < -0.3 is 4.57 Å². The van der Waals surface area contributed by atoms with Gasteiger partial charge in [0.25, 0.3) is 5.56 Å². The van der Waals surface area contributed by atoms with Crippen molar-refractivity contribution in [3.8, 4) is 11.3 Å². The second-order valence-corrected chi connectivity index (χ2v) is 5.70. The van der Waals surface area contributed by atoms with Crippen LogP contribution in [-0.2, 0) is 12.2 Å². The molecule has 0 saturated heterocycles. The average molecular weight is 301 g/mol. The van der Waals surface area contributed by atoms with Crippen LogP contribution < -0.4 is 5.56 Å². The van der Waals surface area contributed by atoms with E-state index in [9.17, 15) is 4.79 Å². The Bertz CT molecular complexity index is 658. The van der Waals surface area contributed by atoms with Crippen molar-refractivity contribution in [3.05, 3.63) is 57.9 Å². The zero-order valence-corrected chi connectivity index (χ0v) is 13.9. The van der Waals surface area contributed by atoms with E-state index in [0.29, 0.717) is 5.75 Å². The number of hydrogen-bond donors (Lipinski definition) is 1. The zero-order valence-electron chi connectivity index (χ0n) is 13.0. The molecule has 3 heteroatoms. The lowest BCUT2D eigenvalue weighted by Crippen LogP contribution is -2.27. The first-order valence-corrected chi connectivity index (χ1v) is 8.20. The van der Waals surface area contributed by atoms with Crippen LogP contribution in [0.25, 0.3) is 11.3 Å². The molecule has 2 nitrogen and oxygen atoms in total. The normalized spacial score (nSPS) is 12.4. The lowest BCUT2D eigenvalue weighted by Gasteiger charge is -2.20. The summed E-state index contributed by atoms with van der Waals surface area (Å²) in [5, 5.41) is 0. The first kappa shape index (κ1) is 15.9. The standard InChI is InChI=1S/C18H23NOS/c1-4-13(3)19-17(11-10-16(12-21)18(19)20)15-8-6-14(5-2)7-9-15/h6-11,13,21H,4-5,12H2,1-3H3. The summed E-state index contributed by atoms with van der Waals surface area (Å²) < 4.78 is 1.91. The van der Waals surface area contributed by atoms with Crippen LogP contribution in [0.15, 0.2) is 41.2 Å². The van der Waals surface area contributed by atoms with Gasteiger partial charge in [-0.3, -0.25) is 4.79 Å². The highest BCUT2D eigenvalue weighted by Gasteiger charge is 2.14. The Morgan fingerprint density at radius 2 is 1.76 bits per heavy atom. The van der Waals surface area contributed by atoms with Crippen molar-refractivity contribution in [2.45, 2.75) is 45.4 Å². The second-order valence-electron chi connectivity index (χ2n) is 5.38. The molecule has 21 heavy (non-hydrogen) atoms. The summed E-state index contributed by atoms with van der Waals surface area (Å²) in [6.07, 6.45) is 1.95. The summed E-state index contributed by atoms with van der Waals surface area (Å²) in [7, 11) is 0. The first-order chi connectivity index (χ1) is 10.1. The van der Waals surface area contributed by atoms with Crippen molar-refractivity contribution in [3.63, 3.8) is 0 Å². The Balaban J connectivity index is 2.61. The zero-order chi connectivity index (χ0) is 15.4. The fourth-order valence-electron chi connectivity index (χ4n) is 2.48. The van der Waals surface area contributed by atoms with E-state index in [0.717, 1.165) is 29.7 Å². The van der Waals surface area contributed by atoms with Gasteiger partial charge in [0, 0.05) is 17.4 Å². The molecule has 1 heterocycles. The van der Waals surface area contributed by atoms with Gasteiger partial charge in [0.1, 0.15) is 0 Å². The molecule has 0 aliphatic rings. The first-order valence-electron chi connectivity index (χ1n) is 7.56. The summed E-state index contributed by atoms with van der Waals surface area (Å²) in [5.41, 5.74) is 4.23. The maximum Gasteiger partial charge on any atom is 0.255 e. The highest BCUT2D eigenvalue weighted by atomic mass is 32.1. The Morgan fingerprint density at radius 1 is 1.10 bits per heavy atom. The van der Waals surface area contributed by atoms with E-state index in [1.807, 2.05) is 16.7 Å². The number of aromatic nitrogens is 1. The van der Waals surface area contributed by atoms with Crippen molar-refractivity contribution in [1.29, 1.82) is 0 Å². The Kier molecular flexibility index (Phi) is 5.29. The lowest BCUT2D eigenvalue weighted by molar-refractivity contribution is 0.517. The summed E-state index contributed by atoms with van der Waals surface area (Å²) in [5.74, 6) is 0.477. The van der Waals surface area contributed by atoms with Crippen LogP contribution in [0.4, 0.5) is 0 Å². The fourth-order valence-corrected chi connectivity index (χ4v) is 2.72. The van der Waals surface area contributed by atoms with Gasteiger partial charge in [-0.2, -0.15) is 12.6 Å². The fraction of sp³-hybridized carbons (Fsp3) is 0.389. The second kappa shape index (κ2) is 6.99. The van der Waals surface area contributed by atoms with E-state index in [2.05, 4.69) is 57.7 Å². The van der Waals surface area contributed by atoms with Gasteiger partial charge >= 0.3 is 0 Å². The molecule has 1 aromatic carbocycles. The van der Waals surface area contributed by atoms with Gasteiger partial charge in [-0.25, -0.2) is 0 Å². The van der Waals surface area contributed by atoms with Crippen molar-refractivity contribution >= 4 is 12.6 Å². The Morgan fingerprint density at radius 3 is 2.29 bits per heavy atom. The van der Waals surface area contributed by atoms with Crippen molar-refractivity contribution in [1.82, 2.24) is 4.57 Å². The smallest absolute Gasteiger partial charge is 0.255 e. The number of rotatable bonds is 5. The topological polar surface area (TPSA) is 22.0 Å². The van der Waals surface area contributed by atoms with E-state index in [1.54, 1.807) is 0 Å². The Hall–Kier alpha value is -1.48. The summed E-state index contributed by atoms with van der Waals surface area (Å²) in [4.78, 5) is 12.6. The van der Waals surface area contributed by atoms with E-state index >= 15 is 0 Å².